The Kier molecular flexibility index (Phi) is 6.48. The van der Waals surface area contributed by atoms with E-state index in [2.05, 4.69) is 9.97 Å². The second-order valence-electron chi connectivity index (χ2n) is 7.69. The molecule has 4 rings (SSSR count). The number of aryl methyl sites for hydroxylation is 1. The summed E-state index contributed by atoms with van der Waals surface area (Å²) < 4.78 is 44.8. The van der Waals surface area contributed by atoms with Gasteiger partial charge in [-0.3, -0.25) is 9.78 Å². The van der Waals surface area contributed by atoms with Crippen LogP contribution in [0.5, 0.6) is 11.6 Å². The van der Waals surface area contributed by atoms with Gasteiger partial charge >= 0.3 is 0 Å². The molecule has 1 saturated carbocycles. The van der Waals surface area contributed by atoms with E-state index in [1.54, 1.807) is 24.3 Å². The van der Waals surface area contributed by atoms with Crippen molar-refractivity contribution in [1.29, 1.82) is 0 Å². The van der Waals surface area contributed by atoms with Crippen molar-refractivity contribution >= 4 is 32.5 Å². The highest BCUT2D eigenvalue weighted by Crippen LogP contribution is 2.41. The molecule has 33 heavy (non-hydrogen) atoms. The van der Waals surface area contributed by atoms with Gasteiger partial charge in [0.1, 0.15) is 12.3 Å². The molecule has 10 heteroatoms. The topological polar surface area (TPSA) is 108 Å². The molecule has 2 aromatic heterocycles. The lowest BCUT2D eigenvalue weighted by atomic mass is 10.2. The van der Waals surface area contributed by atoms with Crippen molar-refractivity contribution < 1.29 is 27.4 Å². The first-order chi connectivity index (χ1) is 15.9. The summed E-state index contributed by atoms with van der Waals surface area (Å²) in [5.74, 6) is -0.597. The molecule has 2 heterocycles. The average Bonchev–Trinajstić information content (AvgIpc) is 3.65. The lowest BCUT2D eigenvalue weighted by Crippen LogP contribution is -2.38. The summed E-state index contributed by atoms with van der Waals surface area (Å²) in [6.07, 6.45) is 2.60. The molecule has 0 radical (unpaired) electrons. The molecule has 174 valence electrons. The average molecular weight is 472 g/mol. The Bertz CT molecular complexity index is 1290. The number of rotatable bonds is 9. The minimum Gasteiger partial charge on any atom is -0.487 e. The van der Waals surface area contributed by atoms with Crippen molar-refractivity contribution in [1.82, 2.24) is 9.97 Å². The maximum Gasteiger partial charge on any atom is 0.271 e. The van der Waals surface area contributed by atoms with Crippen LogP contribution in [0.4, 0.5) is 5.69 Å². The number of hydrogen-bond donors (Lipinski definition) is 0. The van der Waals surface area contributed by atoms with Gasteiger partial charge in [0.2, 0.25) is 11.8 Å². The van der Waals surface area contributed by atoms with Crippen LogP contribution in [-0.2, 0) is 19.6 Å². The molecule has 9 nitrogen and oxygen atoms in total. The minimum absolute atomic E-state index is 0.0138. The summed E-state index contributed by atoms with van der Waals surface area (Å²) >= 11 is 0. The van der Waals surface area contributed by atoms with Gasteiger partial charge in [0.15, 0.2) is 5.75 Å². The first kappa shape index (κ1) is 22.9. The quantitative estimate of drug-likeness (QED) is 0.438. The number of methoxy groups -OCH3 is 2. The SMILES string of the molecule is COCCOc1cnc(OC)cc1N(C(=O)C1CC1)S(=O)(=O)c1cccc2nc(C)ccc12. The molecular formula is C23H25N3O6S. The number of benzene rings is 1. The zero-order chi connectivity index (χ0) is 23.6. The third-order valence-corrected chi connectivity index (χ3v) is 7.04. The van der Waals surface area contributed by atoms with Gasteiger partial charge in [-0.1, -0.05) is 6.07 Å². The van der Waals surface area contributed by atoms with Crippen LogP contribution < -0.4 is 13.8 Å². The van der Waals surface area contributed by atoms with Crippen molar-refractivity contribution in [2.75, 3.05) is 31.7 Å². The number of anilines is 1. The van der Waals surface area contributed by atoms with Crippen LogP contribution in [0.25, 0.3) is 10.9 Å². The predicted molar refractivity (Wildman–Crippen MR) is 122 cm³/mol. The predicted octanol–water partition coefficient (Wildman–Crippen LogP) is 3.10. The highest BCUT2D eigenvalue weighted by atomic mass is 32.2. The molecule has 3 aromatic rings. The normalized spacial score (nSPS) is 13.7. The highest BCUT2D eigenvalue weighted by molar-refractivity contribution is 7.93. The number of pyridine rings is 2. The Labute approximate surface area is 192 Å². The van der Waals surface area contributed by atoms with Gasteiger partial charge in [0.05, 0.1) is 30.3 Å². The van der Waals surface area contributed by atoms with E-state index in [-0.39, 0.29) is 41.3 Å². The molecule has 0 N–H and O–H groups in total. The summed E-state index contributed by atoms with van der Waals surface area (Å²) in [7, 11) is -1.38. The van der Waals surface area contributed by atoms with Crippen LogP contribution in [0.2, 0.25) is 0 Å². The Hall–Kier alpha value is -3.24. The fourth-order valence-electron chi connectivity index (χ4n) is 3.44. The monoisotopic (exact) mass is 471 g/mol. The lowest BCUT2D eigenvalue weighted by Gasteiger charge is -2.25. The first-order valence-electron chi connectivity index (χ1n) is 10.5. The van der Waals surface area contributed by atoms with Gasteiger partial charge in [-0.05, 0) is 44.0 Å². The molecule has 0 saturated heterocycles. The van der Waals surface area contributed by atoms with Crippen molar-refractivity contribution in [3.63, 3.8) is 0 Å². The Morgan fingerprint density at radius 2 is 1.94 bits per heavy atom. The zero-order valence-electron chi connectivity index (χ0n) is 18.6. The number of carbonyl (C=O) groups is 1. The smallest absolute Gasteiger partial charge is 0.271 e. The molecule has 0 atom stereocenters. The second kappa shape index (κ2) is 9.32. The molecule has 0 unspecified atom stereocenters. The van der Waals surface area contributed by atoms with E-state index >= 15 is 0 Å². The first-order valence-corrected chi connectivity index (χ1v) is 11.9. The van der Waals surface area contributed by atoms with E-state index in [0.29, 0.717) is 23.7 Å². The van der Waals surface area contributed by atoms with Crippen LogP contribution >= 0.6 is 0 Å². The fraction of sp³-hybridized carbons (Fsp3) is 0.348. The highest BCUT2D eigenvalue weighted by Gasteiger charge is 2.42. The van der Waals surface area contributed by atoms with Crippen LogP contribution in [-0.4, -0.2) is 51.7 Å². The molecule has 1 amide bonds. The van der Waals surface area contributed by atoms with E-state index in [1.807, 2.05) is 6.92 Å². The number of ether oxygens (including phenoxy) is 3. The maximum atomic E-state index is 14.0. The molecule has 1 aromatic carbocycles. The number of aromatic nitrogens is 2. The Morgan fingerprint density at radius 3 is 2.64 bits per heavy atom. The van der Waals surface area contributed by atoms with Crippen molar-refractivity contribution in [2.45, 2.75) is 24.7 Å². The minimum atomic E-state index is -4.33. The lowest BCUT2D eigenvalue weighted by molar-refractivity contribution is -0.118. The second-order valence-corrected chi connectivity index (χ2v) is 9.45. The van der Waals surface area contributed by atoms with E-state index in [4.69, 9.17) is 14.2 Å². The molecule has 1 aliphatic carbocycles. The van der Waals surface area contributed by atoms with Gasteiger partial charge in [0.25, 0.3) is 10.0 Å². The van der Waals surface area contributed by atoms with Crippen molar-refractivity contribution in [2.24, 2.45) is 5.92 Å². The zero-order valence-corrected chi connectivity index (χ0v) is 19.5. The summed E-state index contributed by atoms with van der Waals surface area (Å²) in [5, 5.41) is 0.430. The van der Waals surface area contributed by atoms with E-state index in [0.717, 1.165) is 10.00 Å². The van der Waals surface area contributed by atoms with Crippen molar-refractivity contribution in [3.8, 4) is 11.6 Å². The van der Waals surface area contributed by atoms with Crippen LogP contribution in [0, 0.1) is 12.8 Å². The number of hydrogen-bond acceptors (Lipinski definition) is 8. The van der Waals surface area contributed by atoms with E-state index in [1.165, 1.54) is 32.5 Å². The Balaban J connectivity index is 1.90. The number of carbonyl (C=O) groups excluding carboxylic acids is 1. The summed E-state index contributed by atoms with van der Waals surface area (Å²) in [6, 6.07) is 9.67. The molecule has 0 spiro atoms. The summed E-state index contributed by atoms with van der Waals surface area (Å²) in [6.45, 7) is 2.26. The van der Waals surface area contributed by atoms with E-state index in [9.17, 15) is 13.2 Å². The third-order valence-electron chi connectivity index (χ3n) is 5.27. The molecule has 0 bridgehead atoms. The molecule has 0 aliphatic heterocycles. The van der Waals surface area contributed by atoms with Gasteiger partial charge in [-0.2, -0.15) is 4.31 Å². The van der Waals surface area contributed by atoms with Crippen molar-refractivity contribution in [3.05, 3.63) is 48.3 Å². The van der Waals surface area contributed by atoms with Crippen LogP contribution in [0.1, 0.15) is 18.5 Å². The largest absolute Gasteiger partial charge is 0.487 e. The Morgan fingerprint density at radius 1 is 1.15 bits per heavy atom. The molecule has 1 fully saturated rings. The van der Waals surface area contributed by atoms with Gasteiger partial charge in [-0.15, -0.1) is 0 Å². The van der Waals surface area contributed by atoms with E-state index < -0.39 is 15.9 Å². The van der Waals surface area contributed by atoms with Gasteiger partial charge in [-0.25, -0.2) is 13.4 Å². The fourth-order valence-corrected chi connectivity index (χ4v) is 5.13. The maximum absolute atomic E-state index is 14.0. The molecular weight excluding hydrogens is 446 g/mol. The van der Waals surface area contributed by atoms with Crippen LogP contribution in [0.3, 0.4) is 0 Å². The standard InChI is InChI=1S/C23H25N3O6S/c1-15-7-10-17-18(25-15)5-4-6-21(17)33(28,29)26(23(27)16-8-9-16)19-13-22(31-3)24-14-20(19)32-12-11-30-2/h4-7,10,13-14,16H,8-9,11-12H2,1-3H3. The molecule has 1 aliphatic rings. The summed E-state index contributed by atoms with van der Waals surface area (Å²) in [5.41, 5.74) is 1.33. The number of sulfonamides is 1. The van der Waals surface area contributed by atoms with Gasteiger partial charge in [0, 0.05) is 30.2 Å². The van der Waals surface area contributed by atoms with Gasteiger partial charge < -0.3 is 14.2 Å². The third kappa shape index (κ3) is 4.62. The summed E-state index contributed by atoms with van der Waals surface area (Å²) in [4.78, 5) is 21.9. The number of fused-ring (bicyclic) bond motifs is 1. The van der Waals surface area contributed by atoms with Crippen LogP contribution in [0.15, 0.2) is 47.5 Å². The number of amides is 1. The number of nitrogens with zero attached hydrogens (tertiary/aromatic N) is 3.